The van der Waals surface area contributed by atoms with Crippen LogP contribution < -0.4 is 0 Å². The van der Waals surface area contributed by atoms with Crippen molar-refractivity contribution in [3.63, 3.8) is 0 Å². The number of unbranched alkanes of at least 4 members (excludes halogenated alkanes) is 11. The van der Waals surface area contributed by atoms with Gasteiger partial charge in [0, 0.05) is 12.5 Å². The van der Waals surface area contributed by atoms with Gasteiger partial charge in [-0.05, 0) is 101 Å². The molecule has 0 saturated carbocycles. The van der Waals surface area contributed by atoms with E-state index >= 15 is 0 Å². The normalized spacial score (nSPS) is 15.5. The molecule has 0 amide bonds. The van der Waals surface area contributed by atoms with Crippen molar-refractivity contribution in [2.75, 3.05) is 13.1 Å². The van der Waals surface area contributed by atoms with E-state index < -0.39 is 12.1 Å². The van der Waals surface area contributed by atoms with Crippen molar-refractivity contribution in [3.8, 4) is 5.75 Å². The lowest BCUT2D eigenvalue weighted by Crippen LogP contribution is -2.43. The summed E-state index contributed by atoms with van der Waals surface area (Å²) < 4.78 is 0. The molecule has 246 valence electrons. The van der Waals surface area contributed by atoms with Gasteiger partial charge >= 0.3 is 5.97 Å². The standard InChI is InChI=1S/C21H27NO2.C18H34O2/c1-16(21(24)19-7-9-20(23)10-8-19)22-13-11-18(12-14-22)15-17-5-3-2-4-6-17;1-2-3-4-5-6-7-8-9-10-11-12-13-14-15-16-17-18(19)20/h2-10,16,18,21,23-24H,11-15H2,1H3;9-10H,2-8,11-17H2,1H3,(H,19,20)/b;10-9-. The molecule has 1 saturated heterocycles. The monoisotopic (exact) mass is 607 g/mol. The van der Waals surface area contributed by atoms with Crippen LogP contribution in [-0.4, -0.2) is 45.3 Å². The highest BCUT2D eigenvalue weighted by Crippen LogP contribution is 2.28. The number of phenolic OH excluding ortho intramolecular Hbond substituents is 1. The van der Waals surface area contributed by atoms with Crippen LogP contribution in [0, 0.1) is 5.92 Å². The molecule has 0 aromatic heterocycles. The van der Waals surface area contributed by atoms with Crippen LogP contribution in [0.2, 0.25) is 0 Å². The Labute approximate surface area is 268 Å². The molecule has 1 heterocycles. The van der Waals surface area contributed by atoms with E-state index in [0.29, 0.717) is 6.42 Å². The fourth-order valence-electron chi connectivity index (χ4n) is 6.01. The summed E-state index contributed by atoms with van der Waals surface area (Å²) in [5, 5.41) is 28.5. The predicted octanol–water partition coefficient (Wildman–Crippen LogP) is 9.88. The quantitative estimate of drug-likeness (QED) is 0.103. The maximum Gasteiger partial charge on any atom is 0.303 e. The molecular formula is C39H61NO4. The second-order valence-electron chi connectivity index (χ2n) is 12.7. The summed E-state index contributed by atoms with van der Waals surface area (Å²) in [5.74, 6) is 0.310. The largest absolute Gasteiger partial charge is 0.508 e. The van der Waals surface area contributed by atoms with Gasteiger partial charge in [0.15, 0.2) is 0 Å². The number of aromatic hydroxyl groups is 1. The first kappa shape index (κ1) is 37.6. The van der Waals surface area contributed by atoms with E-state index in [9.17, 15) is 15.0 Å². The Kier molecular flexibility index (Phi) is 20.2. The van der Waals surface area contributed by atoms with Gasteiger partial charge in [0.1, 0.15) is 5.75 Å². The Hall–Kier alpha value is -2.63. The average molecular weight is 608 g/mol. The Morgan fingerprint density at radius 1 is 0.818 bits per heavy atom. The first-order valence-corrected chi connectivity index (χ1v) is 17.5. The number of aliphatic hydroxyl groups is 1. The van der Waals surface area contributed by atoms with Crippen molar-refractivity contribution < 1.29 is 20.1 Å². The summed E-state index contributed by atoms with van der Waals surface area (Å²) in [5.41, 5.74) is 2.29. The Bertz CT molecular complexity index is 999. The first-order valence-electron chi connectivity index (χ1n) is 17.5. The zero-order valence-electron chi connectivity index (χ0n) is 27.7. The number of carboxylic acids is 1. The number of aliphatic carboxylic acids is 1. The van der Waals surface area contributed by atoms with Crippen LogP contribution in [0.4, 0.5) is 0 Å². The van der Waals surface area contributed by atoms with E-state index in [1.54, 1.807) is 24.3 Å². The fraction of sp³-hybridized carbons (Fsp3) is 0.615. The minimum absolute atomic E-state index is 0.0900. The SMILES string of the molecule is CC(C(O)c1ccc(O)cc1)N1CCC(Cc2ccccc2)CC1.CCCCCCCC/C=C\CCCCCCCC(=O)O. The summed E-state index contributed by atoms with van der Waals surface area (Å²) in [4.78, 5) is 12.7. The second-order valence-corrected chi connectivity index (χ2v) is 12.7. The third-order valence-corrected chi connectivity index (χ3v) is 8.94. The zero-order valence-corrected chi connectivity index (χ0v) is 27.7. The van der Waals surface area contributed by atoms with Crippen LogP contribution in [0.5, 0.6) is 5.75 Å². The molecule has 5 heteroatoms. The number of aliphatic hydroxyl groups excluding tert-OH is 1. The lowest BCUT2D eigenvalue weighted by atomic mass is 9.89. The van der Waals surface area contributed by atoms with Crippen LogP contribution in [0.15, 0.2) is 66.7 Å². The third-order valence-electron chi connectivity index (χ3n) is 8.94. The minimum atomic E-state index is -0.664. The Balaban J connectivity index is 0.000000314. The number of carbonyl (C=O) groups is 1. The molecule has 2 unspecified atom stereocenters. The molecule has 3 N–H and O–H groups in total. The molecular weight excluding hydrogens is 546 g/mol. The summed E-state index contributed by atoms with van der Waals surface area (Å²) in [7, 11) is 0. The summed E-state index contributed by atoms with van der Waals surface area (Å²) >= 11 is 0. The van der Waals surface area contributed by atoms with E-state index in [-0.39, 0.29) is 11.8 Å². The van der Waals surface area contributed by atoms with E-state index in [1.807, 2.05) is 0 Å². The van der Waals surface area contributed by atoms with E-state index in [4.69, 9.17) is 5.11 Å². The van der Waals surface area contributed by atoms with Crippen molar-refractivity contribution in [2.24, 2.45) is 5.92 Å². The minimum Gasteiger partial charge on any atom is -0.508 e. The lowest BCUT2D eigenvalue weighted by molar-refractivity contribution is -0.137. The van der Waals surface area contributed by atoms with Gasteiger partial charge in [-0.15, -0.1) is 0 Å². The molecule has 3 rings (SSSR count). The zero-order chi connectivity index (χ0) is 31.8. The molecule has 44 heavy (non-hydrogen) atoms. The van der Waals surface area contributed by atoms with Gasteiger partial charge in [-0.1, -0.05) is 113 Å². The number of rotatable bonds is 20. The highest BCUT2D eigenvalue weighted by Gasteiger charge is 2.27. The predicted molar refractivity (Wildman–Crippen MR) is 184 cm³/mol. The smallest absolute Gasteiger partial charge is 0.303 e. The number of hydrogen-bond acceptors (Lipinski definition) is 4. The fourth-order valence-corrected chi connectivity index (χ4v) is 6.01. The van der Waals surface area contributed by atoms with Gasteiger partial charge in [-0.2, -0.15) is 0 Å². The molecule has 0 aliphatic carbocycles. The molecule has 0 spiro atoms. The molecule has 0 bridgehead atoms. The summed E-state index contributed by atoms with van der Waals surface area (Å²) in [6.45, 7) is 6.42. The lowest BCUT2D eigenvalue weighted by Gasteiger charge is -2.38. The van der Waals surface area contributed by atoms with Gasteiger partial charge in [0.25, 0.3) is 0 Å². The van der Waals surface area contributed by atoms with E-state index in [0.717, 1.165) is 43.8 Å². The van der Waals surface area contributed by atoms with Crippen LogP contribution in [-0.2, 0) is 11.2 Å². The molecule has 2 atom stereocenters. The molecule has 5 nitrogen and oxygen atoms in total. The highest BCUT2D eigenvalue weighted by atomic mass is 16.4. The van der Waals surface area contributed by atoms with Crippen molar-refractivity contribution in [1.29, 1.82) is 0 Å². The van der Waals surface area contributed by atoms with Crippen molar-refractivity contribution in [1.82, 2.24) is 4.90 Å². The molecule has 2 aromatic carbocycles. The van der Waals surface area contributed by atoms with Crippen molar-refractivity contribution in [2.45, 2.75) is 135 Å². The molecule has 1 aliphatic rings. The number of piperidine rings is 1. The maximum absolute atomic E-state index is 10.6. The number of allylic oxidation sites excluding steroid dienone is 2. The van der Waals surface area contributed by atoms with E-state index in [2.05, 4.69) is 61.2 Å². The van der Waals surface area contributed by atoms with Gasteiger partial charge in [-0.25, -0.2) is 0 Å². The number of phenols is 1. The number of benzene rings is 2. The Morgan fingerprint density at radius 3 is 1.93 bits per heavy atom. The van der Waals surface area contributed by atoms with E-state index in [1.165, 1.54) is 89.0 Å². The molecule has 1 fully saturated rings. The third kappa shape index (κ3) is 17.0. The van der Waals surface area contributed by atoms with Crippen LogP contribution in [0.3, 0.4) is 0 Å². The van der Waals surface area contributed by atoms with Crippen LogP contribution >= 0.6 is 0 Å². The van der Waals surface area contributed by atoms with Gasteiger partial charge in [-0.3, -0.25) is 9.69 Å². The Morgan fingerprint density at radius 2 is 1.36 bits per heavy atom. The van der Waals surface area contributed by atoms with Gasteiger partial charge < -0.3 is 15.3 Å². The van der Waals surface area contributed by atoms with Crippen LogP contribution in [0.1, 0.15) is 134 Å². The van der Waals surface area contributed by atoms with Crippen molar-refractivity contribution in [3.05, 3.63) is 77.9 Å². The first-order chi connectivity index (χ1) is 21.4. The summed E-state index contributed by atoms with van der Waals surface area (Å²) in [6, 6.07) is 17.7. The second kappa shape index (κ2) is 23.7. The van der Waals surface area contributed by atoms with Gasteiger partial charge in [0.05, 0.1) is 6.10 Å². The number of nitrogens with zero attached hydrogens (tertiary/aromatic N) is 1. The van der Waals surface area contributed by atoms with Crippen LogP contribution in [0.25, 0.3) is 0 Å². The average Bonchev–Trinajstić information content (AvgIpc) is 3.03. The number of hydrogen-bond donors (Lipinski definition) is 3. The molecule has 2 aromatic rings. The summed E-state index contributed by atoms with van der Waals surface area (Å²) in [6.07, 6.45) is 24.2. The van der Waals surface area contributed by atoms with Gasteiger partial charge in [0.2, 0.25) is 0 Å². The number of carboxylic acid groups (broad SMARTS) is 1. The number of likely N-dealkylation sites (tertiary alicyclic amines) is 1. The van der Waals surface area contributed by atoms with Crippen molar-refractivity contribution >= 4 is 5.97 Å². The molecule has 1 aliphatic heterocycles. The maximum atomic E-state index is 10.6. The topological polar surface area (TPSA) is 81.0 Å². The molecule has 0 radical (unpaired) electrons. The highest BCUT2D eigenvalue weighted by molar-refractivity contribution is 5.66.